The minimum atomic E-state index is 0.542. The van der Waals surface area contributed by atoms with Crippen LogP contribution in [0.25, 0.3) is 10.9 Å². The molecule has 1 aliphatic heterocycles. The highest BCUT2D eigenvalue weighted by Crippen LogP contribution is 2.37. The van der Waals surface area contributed by atoms with E-state index in [4.69, 9.17) is 5.73 Å². The molecule has 138 valence electrons. The van der Waals surface area contributed by atoms with E-state index in [1.54, 1.807) is 12.5 Å². The largest absolute Gasteiger partial charge is 0.393 e. The van der Waals surface area contributed by atoms with Crippen LogP contribution in [0.4, 0.5) is 28.7 Å². The molecule has 0 fully saturated rings. The maximum absolute atomic E-state index is 6.52. The molecule has 0 aliphatic carbocycles. The monoisotopic (exact) mass is 368 g/mol. The maximum atomic E-state index is 6.52. The molecule has 3 N–H and O–H groups in total. The van der Waals surface area contributed by atoms with Gasteiger partial charge in [-0.1, -0.05) is 24.3 Å². The lowest BCUT2D eigenvalue weighted by atomic mass is 10.0. The standard InChI is InChI=1S/C22H20N6/c23-20-21(27-18-10-3-9-17-16(18)8-4-12-24-17)25-14-26-22(20)28-13-5-7-15-6-1-2-11-19(15)28/h1-4,6,8-12,14H,5,7,13,23H2,(H,25,26,27). The predicted octanol–water partition coefficient (Wildman–Crippen LogP) is 4.43. The number of nitrogens with one attached hydrogen (secondary N) is 1. The number of nitrogen functional groups attached to an aromatic ring is 1. The summed E-state index contributed by atoms with van der Waals surface area (Å²) in [6, 6.07) is 18.3. The molecule has 0 atom stereocenters. The molecule has 0 bridgehead atoms. The van der Waals surface area contributed by atoms with Gasteiger partial charge in [-0.2, -0.15) is 0 Å². The third-order valence-electron chi connectivity index (χ3n) is 5.13. The fraction of sp³-hybridized carbons (Fsp3) is 0.136. The van der Waals surface area contributed by atoms with Crippen LogP contribution in [0.2, 0.25) is 0 Å². The second-order valence-electron chi connectivity index (χ2n) is 6.84. The van der Waals surface area contributed by atoms with E-state index >= 15 is 0 Å². The Morgan fingerprint density at radius 1 is 0.929 bits per heavy atom. The number of benzene rings is 2. The van der Waals surface area contributed by atoms with Crippen molar-refractivity contribution in [3.8, 4) is 0 Å². The highest BCUT2D eigenvalue weighted by molar-refractivity contribution is 5.94. The van der Waals surface area contributed by atoms with Gasteiger partial charge in [0.05, 0.1) is 5.52 Å². The third-order valence-corrected chi connectivity index (χ3v) is 5.13. The molecule has 28 heavy (non-hydrogen) atoms. The number of nitrogens with two attached hydrogens (primary N) is 1. The van der Waals surface area contributed by atoms with E-state index < -0.39 is 0 Å². The molecular formula is C22H20N6. The molecule has 0 spiro atoms. The number of nitrogens with zero attached hydrogens (tertiary/aromatic N) is 4. The van der Waals surface area contributed by atoms with Crippen LogP contribution in [0.1, 0.15) is 12.0 Å². The Hall–Kier alpha value is -3.67. The smallest absolute Gasteiger partial charge is 0.161 e. The summed E-state index contributed by atoms with van der Waals surface area (Å²) in [6.07, 6.45) is 5.50. The summed E-state index contributed by atoms with van der Waals surface area (Å²) in [6.45, 7) is 0.885. The lowest BCUT2D eigenvalue weighted by Crippen LogP contribution is -2.26. The van der Waals surface area contributed by atoms with Gasteiger partial charge in [0.15, 0.2) is 11.6 Å². The van der Waals surface area contributed by atoms with Crippen LogP contribution >= 0.6 is 0 Å². The fourth-order valence-electron chi connectivity index (χ4n) is 3.79. The summed E-state index contributed by atoms with van der Waals surface area (Å²) in [5, 5.41) is 4.40. The van der Waals surface area contributed by atoms with E-state index in [0.717, 1.165) is 41.8 Å². The molecule has 2 aromatic heterocycles. The molecule has 6 heteroatoms. The first-order valence-corrected chi connectivity index (χ1v) is 9.38. The highest BCUT2D eigenvalue weighted by atomic mass is 15.2. The van der Waals surface area contributed by atoms with Crippen LogP contribution in [0.5, 0.6) is 0 Å². The summed E-state index contributed by atoms with van der Waals surface area (Å²) < 4.78 is 0. The van der Waals surface area contributed by atoms with Crippen molar-refractivity contribution < 1.29 is 0 Å². The summed E-state index contributed by atoms with van der Waals surface area (Å²) in [7, 11) is 0. The topological polar surface area (TPSA) is 80.0 Å². The first-order chi connectivity index (χ1) is 13.8. The normalized spacial score (nSPS) is 13.4. The lowest BCUT2D eigenvalue weighted by Gasteiger charge is -2.31. The lowest BCUT2D eigenvalue weighted by molar-refractivity contribution is 0.759. The SMILES string of the molecule is Nc1c(Nc2cccc3ncccc23)ncnc1N1CCCc2ccccc21. The van der Waals surface area contributed by atoms with E-state index in [1.165, 1.54) is 11.3 Å². The van der Waals surface area contributed by atoms with Crippen LogP contribution in [0.3, 0.4) is 0 Å². The molecule has 3 heterocycles. The van der Waals surface area contributed by atoms with Gasteiger partial charge in [0.2, 0.25) is 0 Å². The van der Waals surface area contributed by atoms with Gasteiger partial charge >= 0.3 is 0 Å². The van der Waals surface area contributed by atoms with E-state index in [9.17, 15) is 0 Å². The second kappa shape index (κ2) is 6.81. The summed E-state index contributed by atoms with van der Waals surface area (Å²) in [5.74, 6) is 1.34. The zero-order chi connectivity index (χ0) is 18.9. The van der Waals surface area contributed by atoms with Crippen molar-refractivity contribution in [2.45, 2.75) is 12.8 Å². The summed E-state index contributed by atoms with van der Waals surface area (Å²) in [4.78, 5) is 15.5. The minimum absolute atomic E-state index is 0.542. The van der Waals surface area contributed by atoms with Crippen molar-refractivity contribution in [1.29, 1.82) is 0 Å². The maximum Gasteiger partial charge on any atom is 0.161 e. The van der Waals surface area contributed by atoms with Gasteiger partial charge in [-0.25, -0.2) is 9.97 Å². The van der Waals surface area contributed by atoms with Crippen molar-refractivity contribution in [2.75, 3.05) is 22.5 Å². The third kappa shape index (κ3) is 2.79. The van der Waals surface area contributed by atoms with Gasteiger partial charge in [-0.3, -0.25) is 4.98 Å². The van der Waals surface area contributed by atoms with Crippen LogP contribution in [0.15, 0.2) is 67.1 Å². The van der Waals surface area contributed by atoms with E-state index in [-0.39, 0.29) is 0 Å². The van der Waals surface area contributed by atoms with Crippen LogP contribution in [-0.4, -0.2) is 21.5 Å². The van der Waals surface area contributed by atoms with Crippen LogP contribution in [-0.2, 0) is 6.42 Å². The number of rotatable bonds is 3. The summed E-state index contributed by atoms with van der Waals surface area (Å²) in [5.41, 5.74) is 11.4. The van der Waals surface area contributed by atoms with Gasteiger partial charge in [-0.15, -0.1) is 0 Å². The minimum Gasteiger partial charge on any atom is -0.393 e. The Morgan fingerprint density at radius 3 is 2.82 bits per heavy atom. The number of hydrogen-bond acceptors (Lipinski definition) is 6. The molecule has 0 unspecified atom stereocenters. The van der Waals surface area contributed by atoms with E-state index in [2.05, 4.69) is 49.4 Å². The number of anilines is 5. The Balaban J connectivity index is 1.55. The molecule has 4 aromatic rings. The van der Waals surface area contributed by atoms with Crippen LogP contribution in [0, 0.1) is 0 Å². The van der Waals surface area contributed by atoms with Gasteiger partial charge in [0.1, 0.15) is 12.0 Å². The fourth-order valence-corrected chi connectivity index (χ4v) is 3.79. The van der Waals surface area contributed by atoms with Crippen molar-refractivity contribution in [1.82, 2.24) is 15.0 Å². The average Bonchev–Trinajstić information content (AvgIpc) is 2.75. The quantitative estimate of drug-likeness (QED) is 0.557. The molecule has 0 saturated heterocycles. The number of hydrogen-bond donors (Lipinski definition) is 2. The summed E-state index contributed by atoms with van der Waals surface area (Å²) >= 11 is 0. The van der Waals surface area contributed by atoms with Gasteiger partial charge in [0.25, 0.3) is 0 Å². The predicted molar refractivity (Wildman–Crippen MR) is 113 cm³/mol. The number of aryl methyl sites for hydroxylation is 1. The average molecular weight is 368 g/mol. The van der Waals surface area contributed by atoms with Gasteiger partial charge in [0, 0.05) is 29.5 Å². The molecule has 0 saturated carbocycles. The second-order valence-corrected chi connectivity index (χ2v) is 6.84. The Kier molecular flexibility index (Phi) is 4.01. The number of fused-ring (bicyclic) bond motifs is 2. The highest BCUT2D eigenvalue weighted by Gasteiger charge is 2.22. The molecule has 5 rings (SSSR count). The van der Waals surface area contributed by atoms with Gasteiger partial charge < -0.3 is 16.0 Å². The van der Waals surface area contributed by atoms with Crippen LogP contribution < -0.4 is 16.0 Å². The zero-order valence-corrected chi connectivity index (χ0v) is 15.3. The Bertz CT molecular complexity index is 1150. The molecule has 2 aromatic carbocycles. The van der Waals surface area contributed by atoms with Crippen molar-refractivity contribution >= 4 is 39.6 Å². The number of pyridine rings is 1. The molecule has 1 aliphatic rings. The molecule has 6 nitrogen and oxygen atoms in total. The van der Waals surface area contributed by atoms with Crippen molar-refractivity contribution in [2.24, 2.45) is 0 Å². The Morgan fingerprint density at radius 2 is 1.86 bits per heavy atom. The van der Waals surface area contributed by atoms with Gasteiger partial charge in [-0.05, 0) is 48.7 Å². The molecular weight excluding hydrogens is 348 g/mol. The first kappa shape index (κ1) is 16.5. The molecule has 0 radical (unpaired) electrons. The first-order valence-electron chi connectivity index (χ1n) is 9.38. The number of para-hydroxylation sites is 1. The van der Waals surface area contributed by atoms with E-state index in [1.807, 2.05) is 30.3 Å². The van der Waals surface area contributed by atoms with E-state index in [0.29, 0.717) is 11.5 Å². The van der Waals surface area contributed by atoms with Crippen molar-refractivity contribution in [3.05, 3.63) is 72.7 Å². The van der Waals surface area contributed by atoms with Crippen molar-refractivity contribution in [3.63, 3.8) is 0 Å². The zero-order valence-electron chi connectivity index (χ0n) is 15.3. The molecule has 0 amide bonds. The Labute approximate surface area is 163 Å². The number of aromatic nitrogens is 3.